The fourth-order valence-electron chi connectivity index (χ4n) is 6.68. The molecule has 0 aromatic heterocycles. The quantitative estimate of drug-likeness (QED) is 0.0263. The number of allylic oxidation sites excluding steroid dienone is 14. The molecule has 0 saturated heterocycles. The number of carbonyl (C=O) groups is 3. The van der Waals surface area contributed by atoms with Gasteiger partial charge in [0.05, 0.1) is 0 Å². The number of hydrogen-bond donors (Lipinski definition) is 0. The van der Waals surface area contributed by atoms with Gasteiger partial charge in [-0.05, 0) is 89.9 Å². The van der Waals surface area contributed by atoms with Crippen LogP contribution in [0.4, 0.5) is 0 Å². The van der Waals surface area contributed by atoms with E-state index in [2.05, 4.69) is 106 Å². The largest absolute Gasteiger partial charge is 0.462 e. The summed E-state index contributed by atoms with van der Waals surface area (Å²) in [5.41, 5.74) is 0. The maximum absolute atomic E-state index is 12.8. The van der Waals surface area contributed by atoms with Gasteiger partial charge in [-0.1, -0.05) is 202 Å². The third-order valence-electron chi connectivity index (χ3n) is 10.4. The lowest BCUT2D eigenvalue weighted by atomic mass is 10.0. The molecular weight excluding hydrogens is 757 g/mol. The molecule has 0 rings (SSSR count). The second kappa shape index (κ2) is 49.2. The molecule has 6 heteroatoms. The zero-order chi connectivity index (χ0) is 44.4. The van der Waals surface area contributed by atoms with Gasteiger partial charge in [-0.25, -0.2) is 0 Å². The maximum Gasteiger partial charge on any atom is 0.306 e. The first-order valence-electron chi connectivity index (χ1n) is 25.1. The van der Waals surface area contributed by atoms with Crippen LogP contribution in [0.15, 0.2) is 85.1 Å². The van der Waals surface area contributed by atoms with Crippen LogP contribution >= 0.6 is 0 Å². The summed E-state index contributed by atoms with van der Waals surface area (Å²) in [6.07, 6.45) is 62.8. The second-order valence-electron chi connectivity index (χ2n) is 16.3. The van der Waals surface area contributed by atoms with Crippen molar-refractivity contribution in [1.29, 1.82) is 0 Å². The normalized spacial score (nSPS) is 12.8. The molecule has 0 aromatic rings. The van der Waals surface area contributed by atoms with Crippen LogP contribution in [0.2, 0.25) is 0 Å². The zero-order valence-electron chi connectivity index (χ0n) is 39.7. The van der Waals surface area contributed by atoms with Gasteiger partial charge in [0, 0.05) is 19.3 Å². The number of hydrogen-bond acceptors (Lipinski definition) is 6. The van der Waals surface area contributed by atoms with Crippen molar-refractivity contribution >= 4 is 17.9 Å². The first-order valence-corrected chi connectivity index (χ1v) is 25.1. The van der Waals surface area contributed by atoms with Gasteiger partial charge in [-0.2, -0.15) is 0 Å². The van der Waals surface area contributed by atoms with Crippen molar-refractivity contribution in [1.82, 2.24) is 0 Å². The molecule has 0 heterocycles. The number of carbonyl (C=O) groups excluding carboxylic acids is 3. The van der Waals surface area contributed by atoms with E-state index in [0.29, 0.717) is 12.8 Å². The van der Waals surface area contributed by atoms with Gasteiger partial charge < -0.3 is 14.2 Å². The molecule has 348 valence electrons. The summed E-state index contributed by atoms with van der Waals surface area (Å²) in [7, 11) is 0. The van der Waals surface area contributed by atoms with Crippen molar-refractivity contribution < 1.29 is 28.6 Å². The summed E-state index contributed by atoms with van der Waals surface area (Å²) < 4.78 is 16.7. The Bertz CT molecular complexity index is 1200. The van der Waals surface area contributed by atoms with Crippen LogP contribution in [0.25, 0.3) is 0 Å². The molecular formula is C55H92O6. The van der Waals surface area contributed by atoms with E-state index < -0.39 is 6.10 Å². The third kappa shape index (κ3) is 47.5. The molecule has 6 nitrogen and oxygen atoms in total. The Morgan fingerprint density at radius 2 is 0.639 bits per heavy atom. The molecule has 0 amide bonds. The molecule has 0 fully saturated rings. The van der Waals surface area contributed by atoms with Crippen molar-refractivity contribution in [3.8, 4) is 0 Å². The Labute approximate surface area is 375 Å². The predicted molar refractivity (Wildman–Crippen MR) is 261 cm³/mol. The number of esters is 3. The zero-order valence-corrected chi connectivity index (χ0v) is 39.7. The lowest BCUT2D eigenvalue weighted by molar-refractivity contribution is -0.167. The van der Waals surface area contributed by atoms with Crippen LogP contribution in [0.5, 0.6) is 0 Å². The van der Waals surface area contributed by atoms with E-state index in [1.165, 1.54) is 64.2 Å². The monoisotopic (exact) mass is 849 g/mol. The lowest BCUT2D eigenvalue weighted by Crippen LogP contribution is -2.30. The van der Waals surface area contributed by atoms with E-state index >= 15 is 0 Å². The van der Waals surface area contributed by atoms with Crippen LogP contribution in [-0.2, 0) is 28.6 Å². The minimum atomic E-state index is -0.799. The van der Waals surface area contributed by atoms with Crippen molar-refractivity contribution in [3.05, 3.63) is 85.1 Å². The predicted octanol–water partition coefficient (Wildman–Crippen LogP) is 16.4. The molecule has 0 N–H and O–H groups in total. The van der Waals surface area contributed by atoms with Crippen LogP contribution < -0.4 is 0 Å². The van der Waals surface area contributed by atoms with E-state index in [9.17, 15) is 14.4 Å². The highest BCUT2D eigenvalue weighted by Crippen LogP contribution is 2.14. The number of rotatable bonds is 44. The summed E-state index contributed by atoms with van der Waals surface area (Å²) in [5.74, 6) is -0.951. The molecule has 0 radical (unpaired) electrons. The molecule has 0 bridgehead atoms. The van der Waals surface area contributed by atoms with Crippen LogP contribution in [0.3, 0.4) is 0 Å². The van der Waals surface area contributed by atoms with Gasteiger partial charge in [0.25, 0.3) is 0 Å². The van der Waals surface area contributed by atoms with Crippen LogP contribution in [0.1, 0.15) is 226 Å². The molecule has 0 aliphatic heterocycles. The Morgan fingerprint density at radius 1 is 0.344 bits per heavy atom. The molecule has 0 aromatic carbocycles. The van der Waals surface area contributed by atoms with E-state index in [4.69, 9.17) is 14.2 Å². The third-order valence-corrected chi connectivity index (χ3v) is 10.4. The Morgan fingerprint density at radius 3 is 1.02 bits per heavy atom. The summed E-state index contributed by atoms with van der Waals surface area (Å²) in [6.45, 7) is 6.36. The SMILES string of the molecule is CC/C=C\C/C=C\C/C=C\C/C=C\CCCCCCC(=O)OCC(COC(=O)CCCCCCCCCCCCCCC)OC(=O)CCCCC/C=C\C/C=C\C/C=C\CC. The standard InChI is InChI=1S/C55H92O6/c1-4-7-10-13-16-19-22-25-26-27-28-31-33-36-39-42-45-48-54(57)60-51-52(61-55(58)49-46-43-40-37-34-30-24-21-18-15-12-9-6-3)50-59-53(56)47-44-41-38-35-32-29-23-20-17-14-11-8-5-2/h7,9-10,12,16,18-19,21,25-26,28,30-31,34,52H,4-6,8,11,13-15,17,20,22-24,27,29,32-33,35-51H2,1-3H3/b10-7-,12-9-,19-16-,21-18-,26-25-,31-28-,34-30-. The van der Waals surface area contributed by atoms with E-state index in [1.54, 1.807) is 0 Å². The summed E-state index contributed by atoms with van der Waals surface area (Å²) >= 11 is 0. The highest BCUT2D eigenvalue weighted by Gasteiger charge is 2.19. The number of ether oxygens (including phenoxy) is 3. The smallest absolute Gasteiger partial charge is 0.306 e. The van der Waals surface area contributed by atoms with Gasteiger partial charge in [-0.15, -0.1) is 0 Å². The summed E-state index contributed by atoms with van der Waals surface area (Å²) in [6, 6.07) is 0. The molecule has 0 aliphatic carbocycles. The van der Waals surface area contributed by atoms with E-state index in [-0.39, 0.29) is 37.5 Å². The van der Waals surface area contributed by atoms with Crippen molar-refractivity contribution in [2.24, 2.45) is 0 Å². The first-order chi connectivity index (χ1) is 30.0. The minimum Gasteiger partial charge on any atom is -0.462 e. The summed E-state index contributed by atoms with van der Waals surface area (Å²) in [4.78, 5) is 37.9. The topological polar surface area (TPSA) is 78.9 Å². The van der Waals surface area contributed by atoms with Gasteiger partial charge in [0.2, 0.25) is 0 Å². The lowest BCUT2D eigenvalue weighted by Gasteiger charge is -2.18. The average Bonchev–Trinajstić information content (AvgIpc) is 3.26. The minimum absolute atomic E-state index is 0.0955. The van der Waals surface area contributed by atoms with Crippen molar-refractivity contribution in [2.75, 3.05) is 13.2 Å². The van der Waals surface area contributed by atoms with Crippen LogP contribution in [0, 0.1) is 0 Å². The van der Waals surface area contributed by atoms with Crippen molar-refractivity contribution in [3.63, 3.8) is 0 Å². The van der Waals surface area contributed by atoms with E-state index in [1.807, 2.05) is 0 Å². The highest BCUT2D eigenvalue weighted by atomic mass is 16.6. The molecule has 0 spiro atoms. The van der Waals surface area contributed by atoms with Gasteiger partial charge in [0.1, 0.15) is 13.2 Å². The Hall–Kier alpha value is -3.41. The highest BCUT2D eigenvalue weighted by molar-refractivity contribution is 5.71. The fraction of sp³-hybridized carbons (Fsp3) is 0.691. The second-order valence-corrected chi connectivity index (χ2v) is 16.3. The van der Waals surface area contributed by atoms with Gasteiger partial charge >= 0.3 is 17.9 Å². The molecule has 1 unspecified atom stereocenters. The Balaban J connectivity index is 4.46. The first kappa shape index (κ1) is 57.6. The molecule has 61 heavy (non-hydrogen) atoms. The van der Waals surface area contributed by atoms with Gasteiger partial charge in [0.15, 0.2) is 6.10 Å². The Kier molecular flexibility index (Phi) is 46.5. The average molecular weight is 849 g/mol. The molecule has 1 atom stereocenters. The van der Waals surface area contributed by atoms with E-state index in [0.717, 1.165) is 122 Å². The van der Waals surface area contributed by atoms with Crippen molar-refractivity contribution in [2.45, 2.75) is 232 Å². The number of unbranched alkanes of at least 4 members (excludes halogenated alkanes) is 19. The summed E-state index contributed by atoms with van der Waals surface area (Å²) in [5, 5.41) is 0. The maximum atomic E-state index is 12.8. The molecule has 0 saturated carbocycles. The van der Waals surface area contributed by atoms with Crippen LogP contribution in [-0.4, -0.2) is 37.2 Å². The molecule has 0 aliphatic rings. The fourth-order valence-corrected chi connectivity index (χ4v) is 6.68. The van der Waals surface area contributed by atoms with Gasteiger partial charge in [-0.3, -0.25) is 14.4 Å².